The summed E-state index contributed by atoms with van der Waals surface area (Å²) in [6.45, 7) is 0.639. The largest absolute Gasteiger partial charge is 0.332 e. The van der Waals surface area contributed by atoms with E-state index in [4.69, 9.17) is 0 Å². The van der Waals surface area contributed by atoms with Gasteiger partial charge in [0.25, 0.3) is 0 Å². The highest BCUT2D eigenvalue weighted by Gasteiger charge is 2.39. The van der Waals surface area contributed by atoms with E-state index >= 15 is 0 Å². The zero-order valence-corrected chi connectivity index (χ0v) is 4.88. The number of hydrogen-bond acceptors (Lipinski definition) is 0. The molecule has 1 rings (SSSR count). The van der Waals surface area contributed by atoms with Crippen LogP contribution in [0.3, 0.4) is 0 Å². The molecule has 1 unspecified atom stereocenters. The van der Waals surface area contributed by atoms with Crippen LogP contribution in [0.2, 0.25) is 0 Å². The fourth-order valence-corrected chi connectivity index (χ4v) is 1.01. The number of hydrogen-bond donors (Lipinski definition) is 1. The Kier molecular flexibility index (Phi) is 1.23. The first-order valence-corrected chi connectivity index (χ1v) is 2.79. The van der Waals surface area contributed by atoms with Gasteiger partial charge in [-0.25, -0.2) is 8.78 Å². The summed E-state index contributed by atoms with van der Waals surface area (Å²) >= 11 is 0. The van der Waals surface area contributed by atoms with Crippen LogP contribution in [0.15, 0.2) is 0 Å². The predicted molar refractivity (Wildman–Crippen MR) is 26.2 cm³/mol. The van der Waals surface area contributed by atoms with Gasteiger partial charge in [-0.1, -0.05) is 0 Å². The highest BCUT2D eigenvalue weighted by atomic mass is 19.3. The van der Waals surface area contributed by atoms with Crippen molar-refractivity contribution in [3.63, 3.8) is 0 Å². The molecule has 0 saturated carbocycles. The third kappa shape index (κ3) is 1.15. The molecule has 48 valence electrons. The number of alkyl halides is 2. The number of likely N-dealkylation sites (tertiary alicyclic amines) is 1. The van der Waals surface area contributed by atoms with Gasteiger partial charge in [0.1, 0.15) is 6.54 Å². The smallest absolute Gasteiger partial charge is 0.300 e. The molecule has 0 bridgehead atoms. The molecule has 8 heavy (non-hydrogen) atoms. The van der Waals surface area contributed by atoms with Crippen molar-refractivity contribution in [2.24, 2.45) is 0 Å². The molecule has 1 heterocycles. The van der Waals surface area contributed by atoms with E-state index < -0.39 is 5.92 Å². The first-order valence-electron chi connectivity index (χ1n) is 2.79. The molecule has 1 aliphatic heterocycles. The maximum Gasteiger partial charge on any atom is 0.300 e. The summed E-state index contributed by atoms with van der Waals surface area (Å²) in [5, 5.41) is 0. The zero-order valence-electron chi connectivity index (χ0n) is 4.88. The normalized spacial score (nSPS) is 35.6. The fourth-order valence-electron chi connectivity index (χ4n) is 1.01. The Balaban J connectivity index is 2.44. The molecule has 0 aromatic heterocycles. The highest BCUT2D eigenvalue weighted by molar-refractivity contribution is 4.67. The summed E-state index contributed by atoms with van der Waals surface area (Å²) in [6.07, 6.45) is 0.0683. The molecule has 1 nitrogen and oxygen atoms in total. The van der Waals surface area contributed by atoms with Gasteiger partial charge in [0.05, 0.1) is 20.0 Å². The second-order valence-electron chi connectivity index (χ2n) is 2.49. The van der Waals surface area contributed by atoms with Crippen molar-refractivity contribution >= 4 is 0 Å². The second kappa shape index (κ2) is 1.65. The summed E-state index contributed by atoms with van der Waals surface area (Å²) < 4.78 is 24.3. The van der Waals surface area contributed by atoms with Crippen LogP contribution in [0.25, 0.3) is 0 Å². The lowest BCUT2D eigenvalue weighted by molar-refractivity contribution is -0.870. The van der Waals surface area contributed by atoms with Crippen LogP contribution in [0.4, 0.5) is 8.78 Å². The first-order chi connectivity index (χ1) is 3.60. The number of rotatable bonds is 0. The van der Waals surface area contributed by atoms with Gasteiger partial charge >= 0.3 is 5.92 Å². The SMILES string of the molecule is C[NH+]1CCC(F)(F)C1. The molecule has 1 aliphatic rings. The monoisotopic (exact) mass is 122 g/mol. The molecule has 0 radical (unpaired) electrons. The summed E-state index contributed by atoms with van der Waals surface area (Å²) in [7, 11) is 1.79. The number of nitrogens with one attached hydrogen (secondary N) is 1. The molecule has 1 fully saturated rings. The molecule has 1 atom stereocenters. The van der Waals surface area contributed by atoms with Gasteiger partial charge in [0, 0.05) is 0 Å². The minimum Gasteiger partial charge on any atom is -0.332 e. The van der Waals surface area contributed by atoms with Gasteiger partial charge in [0.15, 0.2) is 0 Å². The van der Waals surface area contributed by atoms with Crippen molar-refractivity contribution in [1.29, 1.82) is 0 Å². The lowest BCUT2D eigenvalue weighted by atomic mass is 10.3. The van der Waals surface area contributed by atoms with E-state index in [0.29, 0.717) is 6.54 Å². The van der Waals surface area contributed by atoms with Gasteiger partial charge in [0.2, 0.25) is 0 Å². The van der Waals surface area contributed by atoms with Crippen LogP contribution >= 0.6 is 0 Å². The van der Waals surface area contributed by atoms with Crippen LogP contribution in [0.1, 0.15) is 6.42 Å². The quantitative estimate of drug-likeness (QED) is 0.443. The van der Waals surface area contributed by atoms with E-state index in [1.165, 1.54) is 0 Å². The van der Waals surface area contributed by atoms with Crippen LogP contribution < -0.4 is 4.90 Å². The molecule has 1 N–H and O–H groups in total. The maximum atomic E-state index is 12.2. The van der Waals surface area contributed by atoms with E-state index in [2.05, 4.69) is 0 Å². The molecule has 3 heteroatoms. The Morgan fingerprint density at radius 2 is 2.12 bits per heavy atom. The highest BCUT2D eigenvalue weighted by Crippen LogP contribution is 2.17. The van der Waals surface area contributed by atoms with Gasteiger partial charge in [-0.15, -0.1) is 0 Å². The molecule has 0 aromatic rings. The van der Waals surface area contributed by atoms with Gasteiger partial charge in [-0.2, -0.15) is 0 Å². The van der Waals surface area contributed by atoms with E-state index in [1.54, 1.807) is 7.05 Å². The van der Waals surface area contributed by atoms with Crippen molar-refractivity contribution in [2.75, 3.05) is 20.1 Å². The van der Waals surface area contributed by atoms with Gasteiger partial charge in [-0.3, -0.25) is 0 Å². The minimum atomic E-state index is -2.37. The second-order valence-corrected chi connectivity index (χ2v) is 2.49. The third-order valence-corrected chi connectivity index (χ3v) is 1.48. The number of quaternary nitrogens is 1. The summed E-state index contributed by atoms with van der Waals surface area (Å²) in [5.41, 5.74) is 0. The van der Waals surface area contributed by atoms with Crippen molar-refractivity contribution in [3.8, 4) is 0 Å². The Morgan fingerprint density at radius 3 is 2.25 bits per heavy atom. The summed E-state index contributed by atoms with van der Waals surface area (Å²) in [6, 6.07) is 0. The minimum absolute atomic E-state index is 0.0208. The lowest BCUT2D eigenvalue weighted by Crippen LogP contribution is -3.07. The molecular weight excluding hydrogens is 112 g/mol. The van der Waals surface area contributed by atoms with Crippen LogP contribution in [-0.4, -0.2) is 26.1 Å². The molecule has 1 saturated heterocycles. The van der Waals surface area contributed by atoms with Crippen LogP contribution in [0, 0.1) is 0 Å². The van der Waals surface area contributed by atoms with Gasteiger partial charge in [-0.05, 0) is 0 Å². The van der Waals surface area contributed by atoms with E-state index in [1.807, 2.05) is 0 Å². The van der Waals surface area contributed by atoms with Crippen molar-refractivity contribution in [2.45, 2.75) is 12.3 Å². The summed E-state index contributed by atoms with van der Waals surface area (Å²) in [5.74, 6) is -2.37. The molecular formula is C5H10F2N+. The average Bonchev–Trinajstić information content (AvgIpc) is 1.82. The van der Waals surface area contributed by atoms with Crippen molar-refractivity contribution < 1.29 is 13.7 Å². The Morgan fingerprint density at radius 1 is 1.50 bits per heavy atom. The topological polar surface area (TPSA) is 4.44 Å². The van der Waals surface area contributed by atoms with E-state index in [9.17, 15) is 8.78 Å². The Labute approximate surface area is 47.3 Å². The van der Waals surface area contributed by atoms with Crippen LogP contribution in [-0.2, 0) is 0 Å². The average molecular weight is 122 g/mol. The molecule has 0 aliphatic carbocycles. The molecule has 0 aromatic carbocycles. The first kappa shape index (κ1) is 5.95. The molecule has 0 amide bonds. The zero-order chi connectivity index (χ0) is 6.20. The number of halogens is 2. The van der Waals surface area contributed by atoms with Crippen molar-refractivity contribution in [3.05, 3.63) is 0 Å². The van der Waals surface area contributed by atoms with E-state index in [0.717, 1.165) is 4.90 Å². The van der Waals surface area contributed by atoms with Gasteiger partial charge < -0.3 is 4.90 Å². The standard InChI is InChI=1S/C5H9F2N/c1-8-3-2-5(6,7)4-8/h2-4H2,1H3/p+1. The van der Waals surface area contributed by atoms with Crippen molar-refractivity contribution in [1.82, 2.24) is 0 Å². The maximum absolute atomic E-state index is 12.2. The van der Waals surface area contributed by atoms with E-state index in [-0.39, 0.29) is 13.0 Å². The van der Waals surface area contributed by atoms with Crippen LogP contribution in [0.5, 0.6) is 0 Å². The Bertz CT molecular complexity index is 92.4. The molecule has 0 spiro atoms. The predicted octanol–water partition coefficient (Wildman–Crippen LogP) is -0.460. The fraction of sp³-hybridized carbons (Fsp3) is 1.00. The summed E-state index contributed by atoms with van der Waals surface area (Å²) in [4.78, 5) is 0.940. The third-order valence-electron chi connectivity index (χ3n) is 1.48. The lowest BCUT2D eigenvalue weighted by Gasteiger charge is -2.04. The Hall–Kier alpha value is -0.180.